The van der Waals surface area contributed by atoms with Gasteiger partial charge in [0.2, 0.25) is 0 Å². The van der Waals surface area contributed by atoms with Gasteiger partial charge < -0.3 is 0 Å². The number of amides is 2. The molecule has 138 valence electrons. The lowest BCUT2D eigenvalue weighted by atomic mass is 10.1. The molecule has 0 radical (unpaired) electrons. The van der Waals surface area contributed by atoms with E-state index in [0.717, 1.165) is 24.3 Å². The Morgan fingerprint density at radius 1 is 0.808 bits per heavy atom. The Labute approximate surface area is 148 Å². The lowest BCUT2D eigenvalue weighted by Gasteiger charge is -2.22. The van der Waals surface area contributed by atoms with Gasteiger partial charge >= 0.3 is 0 Å². The summed E-state index contributed by atoms with van der Waals surface area (Å²) in [5.41, 5.74) is -1.85. The average molecular weight is 367 g/mol. The van der Waals surface area contributed by atoms with Crippen LogP contribution >= 0.6 is 0 Å². The predicted octanol–water partition coefficient (Wildman–Crippen LogP) is 4.55. The number of imide groups is 1. The van der Waals surface area contributed by atoms with E-state index in [4.69, 9.17) is 0 Å². The van der Waals surface area contributed by atoms with Gasteiger partial charge in [0.1, 0.15) is 34.4 Å². The lowest BCUT2D eigenvalue weighted by molar-refractivity contribution is 0.0605. The van der Waals surface area contributed by atoms with Gasteiger partial charge in [-0.1, -0.05) is 19.1 Å². The molecule has 26 heavy (non-hydrogen) atoms. The number of carbonyl (C=O) groups is 2. The van der Waals surface area contributed by atoms with Gasteiger partial charge in [-0.15, -0.1) is 0 Å². The Morgan fingerprint density at radius 3 is 1.54 bits per heavy atom. The van der Waals surface area contributed by atoms with Crippen LogP contribution in [0.15, 0.2) is 24.3 Å². The van der Waals surface area contributed by atoms with Crippen molar-refractivity contribution in [3.63, 3.8) is 0 Å². The maximum absolute atomic E-state index is 14.3. The second kappa shape index (κ2) is 7.68. The number of halogens is 4. The fraction of sp³-hybridized carbons (Fsp3) is 0.263. The molecule has 0 aliphatic carbocycles. The van der Waals surface area contributed by atoms with Gasteiger partial charge in [-0.25, -0.2) is 17.6 Å². The second-order valence-electron chi connectivity index (χ2n) is 5.87. The van der Waals surface area contributed by atoms with E-state index in [1.54, 1.807) is 6.92 Å². The molecule has 0 spiro atoms. The van der Waals surface area contributed by atoms with Crippen molar-refractivity contribution in [3.05, 3.63) is 69.8 Å². The summed E-state index contributed by atoms with van der Waals surface area (Å²) in [5.74, 6) is -7.11. The monoisotopic (exact) mass is 367 g/mol. The van der Waals surface area contributed by atoms with Crippen molar-refractivity contribution in [2.45, 2.75) is 27.2 Å². The van der Waals surface area contributed by atoms with Crippen molar-refractivity contribution in [1.82, 2.24) is 4.90 Å². The summed E-state index contributed by atoms with van der Waals surface area (Å²) in [4.78, 5) is 25.7. The zero-order valence-electron chi connectivity index (χ0n) is 14.5. The van der Waals surface area contributed by atoms with Crippen LogP contribution in [0.5, 0.6) is 0 Å². The molecule has 2 aromatic carbocycles. The summed E-state index contributed by atoms with van der Waals surface area (Å²) >= 11 is 0. The van der Waals surface area contributed by atoms with Crippen molar-refractivity contribution < 1.29 is 27.2 Å². The first-order valence-electron chi connectivity index (χ1n) is 7.96. The number of hydrogen-bond acceptors (Lipinski definition) is 2. The van der Waals surface area contributed by atoms with Gasteiger partial charge in [-0.05, 0) is 43.5 Å². The van der Waals surface area contributed by atoms with Crippen molar-refractivity contribution >= 4 is 11.8 Å². The molecule has 0 fully saturated rings. The number of carbonyl (C=O) groups excluding carboxylic acids is 2. The summed E-state index contributed by atoms with van der Waals surface area (Å²) in [7, 11) is 0. The third-order valence-corrected chi connectivity index (χ3v) is 3.93. The third-order valence-electron chi connectivity index (χ3n) is 3.93. The average Bonchev–Trinajstić information content (AvgIpc) is 2.59. The van der Waals surface area contributed by atoms with E-state index in [0.29, 0.717) is 4.90 Å². The van der Waals surface area contributed by atoms with E-state index >= 15 is 0 Å². The number of aryl methyl sites for hydroxylation is 2. The molecule has 0 bridgehead atoms. The third kappa shape index (κ3) is 3.47. The maximum Gasteiger partial charge on any atom is 0.266 e. The molecule has 0 aliphatic heterocycles. The van der Waals surface area contributed by atoms with Crippen LogP contribution in [-0.2, 0) is 0 Å². The molecule has 0 aromatic heterocycles. The topological polar surface area (TPSA) is 37.4 Å². The van der Waals surface area contributed by atoms with Gasteiger partial charge in [0, 0.05) is 6.54 Å². The lowest BCUT2D eigenvalue weighted by Crippen LogP contribution is -2.39. The smallest absolute Gasteiger partial charge is 0.266 e. The van der Waals surface area contributed by atoms with Crippen LogP contribution < -0.4 is 0 Å². The van der Waals surface area contributed by atoms with Crippen LogP contribution in [0.25, 0.3) is 0 Å². The molecule has 0 atom stereocenters. The molecule has 2 amide bonds. The summed E-state index contributed by atoms with van der Waals surface area (Å²) in [6.07, 6.45) is 0.238. The number of rotatable bonds is 4. The normalized spacial score (nSPS) is 10.7. The van der Waals surface area contributed by atoms with Crippen molar-refractivity contribution in [2.75, 3.05) is 6.54 Å². The first-order chi connectivity index (χ1) is 12.2. The molecule has 7 heteroatoms. The van der Waals surface area contributed by atoms with Crippen LogP contribution in [0.2, 0.25) is 0 Å². The first-order valence-corrected chi connectivity index (χ1v) is 7.96. The highest BCUT2D eigenvalue weighted by atomic mass is 19.1. The van der Waals surface area contributed by atoms with Crippen molar-refractivity contribution in [3.8, 4) is 0 Å². The van der Waals surface area contributed by atoms with E-state index < -0.39 is 46.2 Å². The maximum atomic E-state index is 14.3. The molecule has 0 aliphatic rings. The highest BCUT2D eigenvalue weighted by molar-refractivity contribution is 6.10. The fourth-order valence-corrected chi connectivity index (χ4v) is 2.49. The second-order valence-corrected chi connectivity index (χ2v) is 5.87. The minimum atomic E-state index is -1.28. The Bertz CT molecular complexity index is 811. The summed E-state index contributed by atoms with van der Waals surface area (Å²) in [5, 5.41) is 0. The summed E-state index contributed by atoms with van der Waals surface area (Å²) in [6, 6.07) is 4.09. The Balaban J connectivity index is 2.57. The van der Waals surface area contributed by atoms with Gasteiger partial charge in [0.25, 0.3) is 11.8 Å². The molecule has 0 saturated carbocycles. The van der Waals surface area contributed by atoms with E-state index in [1.165, 1.54) is 13.8 Å². The van der Waals surface area contributed by atoms with Crippen LogP contribution in [0.4, 0.5) is 17.6 Å². The molecule has 3 nitrogen and oxygen atoms in total. The van der Waals surface area contributed by atoms with E-state index in [2.05, 4.69) is 0 Å². The Kier molecular flexibility index (Phi) is 5.79. The molecule has 0 unspecified atom stereocenters. The largest absolute Gasteiger partial charge is 0.274 e. The van der Waals surface area contributed by atoms with E-state index in [9.17, 15) is 27.2 Å². The Hall–Kier alpha value is -2.70. The van der Waals surface area contributed by atoms with Crippen LogP contribution in [0.3, 0.4) is 0 Å². The van der Waals surface area contributed by atoms with Gasteiger partial charge in [-0.3, -0.25) is 14.5 Å². The molecular weight excluding hydrogens is 350 g/mol. The highest BCUT2D eigenvalue weighted by Gasteiger charge is 2.32. The zero-order chi connectivity index (χ0) is 19.6. The zero-order valence-corrected chi connectivity index (χ0v) is 14.5. The highest BCUT2D eigenvalue weighted by Crippen LogP contribution is 2.23. The van der Waals surface area contributed by atoms with Crippen LogP contribution in [-0.4, -0.2) is 23.3 Å². The molecule has 0 heterocycles. The van der Waals surface area contributed by atoms with Gasteiger partial charge in [-0.2, -0.15) is 0 Å². The predicted molar refractivity (Wildman–Crippen MR) is 87.8 cm³/mol. The fourth-order valence-electron chi connectivity index (χ4n) is 2.49. The number of hydrogen-bond donors (Lipinski definition) is 0. The Morgan fingerprint density at radius 2 is 1.19 bits per heavy atom. The molecule has 2 rings (SSSR count). The summed E-state index contributed by atoms with van der Waals surface area (Å²) in [6.45, 7) is 4.02. The van der Waals surface area contributed by atoms with Crippen molar-refractivity contribution in [2.24, 2.45) is 0 Å². The minimum absolute atomic E-state index is 0.00608. The van der Waals surface area contributed by atoms with E-state index in [-0.39, 0.29) is 24.1 Å². The van der Waals surface area contributed by atoms with Gasteiger partial charge in [0.15, 0.2) is 0 Å². The number of nitrogens with zero attached hydrogens (tertiary/aromatic N) is 1. The first kappa shape index (κ1) is 19.6. The SMILES string of the molecule is CCCN(C(=O)c1c(F)ccc(C)c1F)C(=O)c1c(F)ccc(C)c1F. The quantitative estimate of drug-likeness (QED) is 0.587. The van der Waals surface area contributed by atoms with Crippen LogP contribution in [0, 0.1) is 37.1 Å². The molecular formula is C19H17F4NO2. The molecule has 0 N–H and O–H groups in total. The molecule has 0 saturated heterocycles. The molecule has 2 aromatic rings. The van der Waals surface area contributed by atoms with E-state index in [1.807, 2.05) is 0 Å². The van der Waals surface area contributed by atoms with Crippen molar-refractivity contribution in [1.29, 1.82) is 0 Å². The number of benzene rings is 2. The van der Waals surface area contributed by atoms with Gasteiger partial charge in [0.05, 0.1) is 0 Å². The van der Waals surface area contributed by atoms with Crippen LogP contribution in [0.1, 0.15) is 45.2 Å². The standard InChI is InChI=1S/C19H17F4NO2/c1-4-9-24(18(25)14-12(20)7-5-10(2)16(14)22)19(26)15-13(21)8-6-11(3)17(15)23/h5-8H,4,9H2,1-3H3. The summed E-state index contributed by atoms with van der Waals surface area (Å²) < 4.78 is 56.6. The minimum Gasteiger partial charge on any atom is -0.274 e.